The van der Waals surface area contributed by atoms with Crippen molar-refractivity contribution >= 4 is 11.6 Å². The van der Waals surface area contributed by atoms with E-state index in [1.165, 1.54) is 0 Å². The number of amides is 1. The molecule has 0 saturated carbocycles. The predicted molar refractivity (Wildman–Crippen MR) is 81.6 cm³/mol. The van der Waals surface area contributed by atoms with Crippen molar-refractivity contribution in [2.75, 3.05) is 31.6 Å². The molecule has 1 unspecified atom stereocenters. The Morgan fingerprint density at radius 1 is 1.45 bits per heavy atom. The van der Waals surface area contributed by atoms with E-state index < -0.39 is 0 Å². The Labute approximate surface area is 120 Å². The number of hydrogen-bond donors (Lipinski definition) is 2. The molecule has 1 amide bonds. The molecule has 0 aromatic heterocycles. The molecule has 0 aliphatic carbocycles. The molecular weight excluding hydrogens is 252 g/mol. The molecule has 1 aromatic carbocycles. The fraction of sp³-hybridized carbons (Fsp3) is 0.533. The van der Waals surface area contributed by atoms with Crippen molar-refractivity contribution in [3.8, 4) is 0 Å². The number of nitrogens with zero attached hydrogens (tertiary/aromatic N) is 2. The minimum absolute atomic E-state index is 0.119. The van der Waals surface area contributed by atoms with E-state index in [9.17, 15) is 4.79 Å². The van der Waals surface area contributed by atoms with Crippen LogP contribution >= 0.6 is 0 Å². The van der Waals surface area contributed by atoms with Gasteiger partial charge < -0.3 is 10.3 Å². The van der Waals surface area contributed by atoms with Crippen LogP contribution in [0.5, 0.6) is 0 Å². The largest absolute Gasteiger partial charge is 0.336 e. The number of benzene rings is 1. The lowest BCUT2D eigenvalue weighted by Crippen LogP contribution is -2.53. The summed E-state index contributed by atoms with van der Waals surface area (Å²) in [5.41, 5.74) is 5.14. The van der Waals surface area contributed by atoms with E-state index in [-0.39, 0.29) is 5.91 Å². The number of carbonyl (C=O) groups excluding carboxylic acids is 1. The highest BCUT2D eigenvalue weighted by molar-refractivity contribution is 5.96. The lowest BCUT2D eigenvalue weighted by Gasteiger charge is -2.39. The quantitative estimate of drug-likeness (QED) is 0.648. The van der Waals surface area contributed by atoms with Crippen LogP contribution in [-0.4, -0.2) is 47.9 Å². The zero-order chi connectivity index (χ0) is 14.7. The Hall–Kier alpha value is -1.59. The number of hydrogen-bond acceptors (Lipinski definition) is 4. The van der Waals surface area contributed by atoms with Gasteiger partial charge in [-0.3, -0.25) is 15.5 Å². The van der Waals surface area contributed by atoms with E-state index in [2.05, 4.69) is 24.2 Å². The van der Waals surface area contributed by atoms with Gasteiger partial charge in [0.2, 0.25) is 0 Å². The predicted octanol–water partition coefficient (Wildman–Crippen LogP) is 1.45. The van der Waals surface area contributed by atoms with Gasteiger partial charge in [0.05, 0.1) is 0 Å². The van der Waals surface area contributed by atoms with Crippen molar-refractivity contribution in [3.05, 3.63) is 29.3 Å². The molecule has 3 N–H and O–H groups in total. The standard InChI is InChI=1S/C15H24N4O/c1-4-18-7-8-19(10-12(18)3)15(20)14-6-5-13(17-16)9-11(14)2/h5-6,9,12,17H,4,7-8,10,16H2,1-3H3. The molecule has 1 aromatic rings. The van der Waals surface area contributed by atoms with Gasteiger partial charge in [-0.15, -0.1) is 0 Å². The molecule has 0 radical (unpaired) electrons. The molecule has 0 spiro atoms. The molecular formula is C15H24N4O. The highest BCUT2D eigenvalue weighted by atomic mass is 16.2. The summed E-state index contributed by atoms with van der Waals surface area (Å²) in [6.45, 7) is 9.87. The number of anilines is 1. The maximum Gasteiger partial charge on any atom is 0.254 e. The van der Waals surface area contributed by atoms with Gasteiger partial charge in [0.15, 0.2) is 0 Å². The number of nitrogens with two attached hydrogens (primary N) is 1. The highest BCUT2D eigenvalue weighted by Crippen LogP contribution is 2.18. The van der Waals surface area contributed by atoms with Crippen LogP contribution in [0.2, 0.25) is 0 Å². The first-order valence-corrected chi connectivity index (χ1v) is 7.17. The Morgan fingerprint density at radius 3 is 2.75 bits per heavy atom. The van der Waals surface area contributed by atoms with Crippen LogP contribution in [0.3, 0.4) is 0 Å². The van der Waals surface area contributed by atoms with E-state index in [1.54, 1.807) is 0 Å². The van der Waals surface area contributed by atoms with Crippen LogP contribution in [0, 0.1) is 6.92 Å². The fourth-order valence-electron chi connectivity index (χ4n) is 2.81. The topological polar surface area (TPSA) is 61.6 Å². The summed E-state index contributed by atoms with van der Waals surface area (Å²) in [5.74, 6) is 5.50. The average Bonchev–Trinajstić information content (AvgIpc) is 2.46. The molecule has 5 heteroatoms. The van der Waals surface area contributed by atoms with Crippen molar-refractivity contribution in [1.29, 1.82) is 0 Å². The smallest absolute Gasteiger partial charge is 0.254 e. The second-order valence-corrected chi connectivity index (χ2v) is 5.40. The van der Waals surface area contributed by atoms with Gasteiger partial charge in [-0.05, 0) is 44.2 Å². The van der Waals surface area contributed by atoms with E-state index in [0.29, 0.717) is 6.04 Å². The Balaban J connectivity index is 2.12. The number of carbonyl (C=O) groups is 1. The number of piperazine rings is 1. The zero-order valence-electron chi connectivity index (χ0n) is 12.5. The minimum atomic E-state index is 0.119. The van der Waals surface area contributed by atoms with Gasteiger partial charge in [0, 0.05) is 36.9 Å². The van der Waals surface area contributed by atoms with Crippen LogP contribution < -0.4 is 11.3 Å². The first-order valence-electron chi connectivity index (χ1n) is 7.17. The molecule has 2 rings (SSSR count). The number of nitrogen functional groups attached to an aromatic ring is 1. The van der Waals surface area contributed by atoms with E-state index in [0.717, 1.165) is 43.0 Å². The molecule has 1 heterocycles. The average molecular weight is 276 g/mol. The minimum Gasteiger partial charge on any atom is -0.336 e. The number of nitrogens with one attached hydrogen (secondary N) is 1. The lowest BCUT2D eigenvalue weighted by atomic mass is 10.1. The summed E-state index contributed by atoms with van der Waals surface area (Å²) >= 11 is 0. The molecule has 5 nitrogen and oxygen atoms in total. The van der Waals surface area contributed by atoms with Crippen molar-refractivity contribution in [3.63, 3.8) is 0 Å². The Bertz CT molecular complexity index is 489. The van der Waals surface area contributed by atoms with Crippen molar-refractivity contribution in [2.45, 2.75) is 26.8 Å². The SMILES string of the molecule is CCN1CCN(C(=O)c2ccc(NN)cc2C)CC1C. The number of likely N-dealkylation sites (N-methyl/N-ethyl adjacent to an activating group) is 1. The van der Waals surface area contributed by atoms with Gasteiger partial charge in [0.1, 0.15) is 0 Å². The molecule has 1 atom stereocenters. The summed E-state index contributed by atoms with van der Waals surface area (Å²) in [5, 5.41) is 0. The van der Waals surface area contributed by atoms with E-state index in [1.807, 2.05) is 30.0 Å². The monoisotopic (exact) mass is 276 g/mol. The van der Waals surface area contributed by atoms with Gasteiger partial charge >= 0.3 is 0 Å². The zero-order valence-corrected chi connectivity index (χ0v) is 12.5. The lowest BCUT2D eigenvalue weighted by molar-refractivity contribution is 0.0527. The third-order valence-corrected chi connectivity index (χ3v) is 4.08. The summed E-state index contributed by atoms with van der Waals surface area (Å²) in [6, 6.07) is 6.01. The summed E-state index contributed by atoms with van der Waals surface area (Å²) in [4.78, 5) is 17.0. The second-order valence-electron chi connectivity index (χ2n) is 5.40. The molecule has 1 aliphatic rings. The van der Waals surface area contributed by atoms with Crippen LogP contribution in [0.4, 0.5) is 5.69 Å². The normalized spacial score (nSPS) is 20.0. The first kappa shape index (κ1) is 14.8. The molecule has 1 aliphatic heterocycles. The van der Waals surface area contributed by atoms with Crippen LogP contribution in [0.1, 0.15) is 29.8 Å². The number of aryl methyl sites for hydroxylation is 1. The molecule has 0 bridgehead atoms. The van der Waals surface area contributed by atoms with E-state index >= 15 is 0 Å². The third kappa shape index (κ3) is 2.94. The maximum atomic E-state index is 12.6. The van der Waals surface area contributed by atoms with Crippen LogP contribution in [0.25, 0.3) is 0 Å². The van der Waals surface area contributed by atoms with E-state index in [4.69, 9.17) is 5.84 Å². The Morgan fingerprint density at radius 2 is 2.20 bits per heavy atom. The molecule has 20 heavy (non-hydrogen) atoms. The number of hydrazine groups is 1. The maximum absolute atomic E-state index is 12.6. The molecule has 1 saturated heterocycles. The summed E-state index contributed by atoms with van der Waals surface area (Å²) in [6.07, 6.45) is 0. The summed E-state index contributed by atoms with van der Waals surface area (Å²) < 4.78 is 0. The van der Waals surface area contributed by atoms with Crippen molar-refractivity contribution in [1.82, 2.24) is 9.80 Å². The highest BCUT2D eigenvalue weighted by Gasteiger charge is 2.26. The second kappa shape index (κ2) is 6.24. The van der Waals surface area contributed by atoms with Crippen molar-refractivity contribution < 1.29 is 4.79 Å². The fourth-order valence-corrected chi connectivity index (χ4v) is 2.81. The number of rotatable bonds is 3. The third-order valence-electron chi connectivity index (χ3n) is 4.08. The molecule has 110 valence electrons. The van der Waals surface area contributed by atoms with Gasteiger partial charge in [-0.25, -0.2) is 0 Å². The van der Waals surface area contributed by atoms with Gasteiger partial charge in [-0.2, -0.15) is 0 Å². The molecule has 1 fully saturated rings. The van der Waals surface area contributed by atoms with Gasteiger partial charge in [-0.1, -0.05) is 6.92 Å². The summed E-state index contributed by atoms with van der Waals surface area (Å²) in [7, 11) is 0. The van der Waals surface area contributed by atoms with Gasteiger partial charge in [0.25, 0.3) is 5.91 Å². The van der Waals surface area contributed by atoms with Crippen molar-refractivity contribution in [2.24, 2.45) is 5.84 Å². The first-order chi connectivity index (χ1) is 9.56. The van der Waals surface area contributed by atoms with Crippen LogP contribution in [-0.2, 0) is 0 Å². The van der Waals surface area contributed by atoms with Crippen LogP contribution in [0.15, 0.2) is 18.2 Å². The Kier molecular flexibility index (Phi) is 4.62.